The molecule has 5 nitrogen and oxygen atoms in total. The third kappa shape index (κ3) is 4.40. The predicted octanol–water partition coefficient (Wildman–Crippen LogP) is 2.06. The van der Waals surface area contributed by atoms with Crippen LogP contribution < -0.4 is 19.9 Å². The largest absolute Gasteiger partial charge is 0.496 e. The highest BCUT2D eigenvalue weighted by atomic mass is 35.5. The highest BCUT2D eigenvalue weighted by Gasteiger charge is 2.21. The molecule has 1 aliphatic rings. The molecule has 2 rings (SSSR count). The summed E-state index contributed by atoms with van der Waals surface area (Å²) in [5, 5.41) is 0. The van der Waals surface area contributed by atoms with Crippen molar-refractivity contribution in [2.24, 2.45) is 5.73 Å². The molecule has 0 radical (unpaired) electrons. The maximum absolute atomic E-state index is 6.04. The molecule has 0 spiro atoms. The van der Waals surface area contributed by atoms with Gasteiger partial charge in [-0.25, -0.2) is 0 Å². The van der Waals surface area contributed by atoms with E-state index in [0.717, 1.165) is 55.3 Å². The molecular weight excluding hydrogens is 292 g/mol. The van der Waals surface area contributed by atoms with Crippen LogP contribution in [0.15, 0.2) is 12.1 Å². The molecule has 0 amide bonds. The summed E-state index contributed by atoms with van der Waals surface area (Å²) in [4.78, 5) is 2.35. The summed E-state index contributed by atoms with van der Waals surface area (Å²) in [7, 11) is 4.97. The smallest absolute Gasteiger partial charge is 0.130 e. The number of hydrogen-bond donors (Lipinski definition) is 1. The van der Waals surface area contributed by atoms with Gasteiger partial charge < -0.3 is 19.9 Å². The van der Waals surface area contributed by atoms with E-state index >= 15 is 0 Å². The van der Waals surface area contributed by atoms with Crippen molar-refractivity contribution in [3.05, 3.63) is 17.7 Å². The van der Waals surface area contributed by atoms with Gasteiger partial charge in [-0.1, -0.05) is 0 Å². The lowest BCUT2D eigenvalue weighted by Gasteiger charge is -2.31. The maximum Gasteiger partial charge on any atom is 0.130 e. The zero-order valence-electron chi connectivity index (χ0n) is 12.9. The second kappa shape index (κ2) is 8.32. The van der Waals surface area contributed by atoms with Crippen LogP contribution in [0.4, 0.5) is 0 Å². The lowest BCUT2D eigenvalue weighted by Crippen LogP contribution is -2.42. The minimum atomic E-state index is 0. The number of methoxy groups -OCH3 is 3. The molecule has 1 unspecified atom stereocenters. The van der Waals surface area contributed by atoms with Crippen molar-refractivity contribution >= 4 is 12.4 Å². The van der Waals surface area contributed by atoms with Gasteiger partial charge in [-0.3, -0.25) is 4.90 Å². The van der Waals surface area contributed by atoms with Crippen molar-refractivity contribution in [1.29, 1.82) is 0 Å². The normalized spacial score (nSPS) is 18.8. The van der Waals surface area contributed by atoms with Crippen molar-refractivity contribution < 1.29 is 14.2 Å². The zero-order chi connectivity index (χ0) is 14.5. The molecule has 0 aliphatic carbocycles. The van der Waals surface area contributed by atoms with Crippen LogP contribution in [0, 0.1) is 0 Å². The minimum Gasteiger partial charge on any atom is -0.496 e. The first-order chi connectivity index (χ1) is 9.67. The molecule has 21 heavy (non-hydrogen) atoms. The molecule has 1 aromatic carbocycles. The molecule has 120 valence electrons. The highest BCUT2D eigenvalue weighted by molar-refractivity contribution is 5.85. The Morgan fingerprint density at radius 3 is 2.24 bits per heavy atom. The van der Waals surface area contributed by atoms with Crippen LogP contribution in [-0.2, 0) is 6.54 Å². The second-order valence-corrected chi connectivity index (χ2v) is 5.15. The molecule has 2 N–H and O–H groups in total. The molecule has 1 atom stereocenters. The number of piperidine rings is 1. The first-order valence-electron chi connectivity index (χ1n) is 6.94. The molecule has 6 heteroatoms. The Labute approximate surface area is 132 Å². The monoisotopic (exact) mass is 316 g/mol. The summed E-state index contributed by atoms with van der Waals surface area (Å²) >= 11 is 0. The van der Waals surface area contributed by atoms with E-state index in [4.69, 9.17) is 19.9 Å². The van der Waals surface area contributed by atoms with Gasteiger partial charge in [-0.2, -0.15) is 0 Å². The molecule has 0 aromatic heterocycles. The lowest BCUT2D eigenvalue weighted by molar-refractivity contribution is 0.196. The first kappa shape index (κ1) is 17.9. The highest BCUT2D eigenvalue weighted by Crippen LogP contribution is 2.35. The van der Waals surface area contributed by atoms with Gasteiger partial charge in [0, 0.05) is 31.3 Å². The minimum absolute atomic E-state index is 0. The van der Waals surface area contributed by atoms with Crippen LogP contribution in [0.25, 0.3) is 0 Å². The Hall–Kier alpha value is -1.17. The molecule has 0 bridgehead atoms. The van der Waals surface area contributed by atoms with E-state index in [0.29, 0.717) is 0 Å². The van der Waals surface area contributed by atoms with Crippen molar-refractivity contribution in [2.45, 2.75) is 25.4 Å². The number of benzene rings is 1. The molecule has 1 saturated heterocycles. The summed E-state index contributed by atoms with van der Waals surface area (Å²) in [5.74, 6) is 2.32. The summed E-state index contributed by atoms with van der Waals surface area (Å²) in [6.45, 7) is 2.76. The number of hydrogen-bond acceptors (Lipinski definition) is 5. The van der Waals surface area contributed by atoms with Gasteiger partial charge in [0.25, 0.3) is 0 Å². The van der Waals surface area contributed by atoms with Crippen LogP contribution in [0.3, 0.4) is 0 Å². The Bertz CT molecular complexity index is 432. The summed E-state index contributed by atoms with van der Waals surface area (Å²) in [5.41, 5.74) is 7.09. The van der Waals surface area contributed by atoms with E-state index in [1.807, 2.05) is 12.1 Å². The zero-order valence-corrected chi connectivity index (χ0v) is 13.7. The first-order valence-corrected chi connectivity index (χ1v) is 6.94. The Morgan fingerprint density at radius 1 is 1.14 bits per heavy atom. The maximum atomic E-state index is 6.04. The van der Waals surface area contributed by atoms with E-state index in [9.17, 15) is 0 Å². The molecule has 1 fully saturated rings. The summed E-state index contributed by atoms with van der Waals surface area (Å²) in [6, 6.07) is 4.04. The van der Waals surface area contributed by atoms with E-state index < -0.39 is 0 Å². The molecule has 1 aromatic rings. The number of likely N-dealkylation sites (tertiary alicyclic amines) is 1. The average Bonchev–Trinajstić information content (AvgIpc) is 2.47. The van der Waals surface area contributed by atoms with Gasteiger partial charge in [0.15, 0.2) is 0 Å². The number of ether oxygens (including phenoxy) is 3. The third-order valence-electron chi connectivity index (χ3n) is 3.74. The van der Waals surface area contributed by atoms with E-state index in [1.54, 1.807) is 21.3 Å². The number of rotatable bonds is 5. The Kier molecular flexibility index (Phi) is 7.08. The van der Waals surface area contributed by atoms with Gasteiger partial charge in [0.05, 0.1) is 26.9 Å². The lowest BCUT2D eigenvalue weighted by atomic mass is 10.0. The summed E-state index contributed by atoms with van der Waals surface area (Å²) in [6.07, 6.45) is 2.25. The summed E-state index contributed by atoms with van der Waals surface area (Å²) < 4.78 is 16.2. The van der Waals surface area contributed by atoms with E-state index in [-0.39, 0.29) is 18.4 Å². The van der Waals surface area contributed by atoms with Crippen molar-refractivity contribution in [3.8, 4) is 17.2 Å². The van der Waals surface area contributed by atoms with E-state index in [1.165, 1.54) is 0 Å². The van der Waals surface area contributed by atoms with Gasteiger partial charge in [0.1, 0.15) is 17.2 Å². The Balaban J connectivity index is 0.00000220. The predicted molar refractivity (Wildman–Crippen MR) is 85.8 cm³/mol. The quantitative estimate of drug-likeness (QED) is 0.901. The number of nitrogens with two attached hydrogens (primary N) is 1. The van der Waals surface area contributed by atoms with Crippen LogP contribution in [0.5, 0.6) is 17.2 Å². The van der Waals surface area contributed by atoms with Crippen molar-refractivity contribution in [1.82, 2.24) is 4.90 Å². The van der Waals surface area contributed by atoms with Crippen LogP contribution in [-0.4, -0.2) is 45.4 Å². The molecule has 0 saturated carbocycles. The van der Waals surface area contributed by atoms with Crippen LogP contribution in [0.2, 0.25) is 0 Å². The standard InChI is InChI=1S/C15H24N2O3.ClH/c1-18-12-7-14(19-2)13(15(8-12)20-3)10-17-6-4-5-11(16)9-17;/h7-8,11H,4-6,9-10,16H2,1-3H3;1H. The van der Waals surface area contributed by atoms with Gasteiger partial charge in [-0.05, 0) is 19.4 Å². The number of halogens is 1. The third-order valence-corrected chi connectivity index (χ3v) is 3.74. The molecular formula is C15H25ClN2O3. The van der Waals surface area contributed by atoms with Crippen molar-refractivity contribution in [3.63, 3.8) is 0 Å². The van der Waals surface area contributed by atoms with E-state index in [2.05, 4.69) is 4.90 Å². The fraction of sp³-hybridized carbons (Fsp3) is 0.600. The van der Waals surface area contributed by atoms with Gasteiger partial charge in [-0.15, -0.1) is 12.4 Å². The van der Waals surface area contributed by atoms with Crippen molar-refractivity contribution in [2.75, 3.05) is 34.4 Å². The van der Waals surface area contributed by atoms with Crippen LogP contribution in [0.1, 0.15) is 18.4 Å². The average molecular weight is 317 g/mol. The topological polar surface area (TPSA) is 57.0 Å². The van der Waals surface area contributed by atoms with Gasteiger partial charge in [0.2, 0.25) is 0 Å². The number of nitrogens with zero attached hydrogens (tertiary/aromatic N) is 1. The van der Waals surface area contributed by atoms with Gasteiger partial charge >= 0.3 is 0 Å². The molecule has 1 aliphatic heterocycles. The fourth-order valence-corrected chi connectivity index (χ4v) is 2.69. The van der Waals surface area contributed by atoms with Crippen LogP contribution >= 0.6 is 12.4 Å². The second-order valence-electron chi connectivity index (χ2n) is 5.15. The Morgan fingerprint density at radius 2 is 1.76 bits per heavy atom. The SMILES string of the molecule is COc1cc(OC)c(CN2CCCC(N)C2)c(OC)c1.Cl. The fourth-order valence-electron chi connectivity index (χ4n) is 2.69. The molecule has 1 heterocycles.